The van der Waals surface area contributed by atoms with Crippen molar-refractivity contribution in [1.29, 1.82) is 0 Å². The van der Waals surface area contributed by atoms with Gasteiger partial charge in [-0.1, -0.05) is 96.9 Å². The van der Waals surface area contributed by atoms with Gasteiger partial charge in [0.2, 0.25) is 0 Å². The quantitative estimate of drug-likeness (QED) is 0.291. The fraction of sp³-hybridized carbons (Fsp3) is 0.786. The molecule has 2 aromatic carbocycles. The van der Waals surface area contributed by atoms with Crippen molar-refractivity contribution in [2.75, 3.05) is 0 Å². The molecule has 0 radical (unpaired) electrons. The third-order valence-corrected chi connectivity index (χ3v) is 19.9. The van der Waals surface area contributed by atoms with Crippen LogP contribution >= 0.6 is 0 Å². The van der Waals surface area contributed by atoms with Gasteiger partial charge in [-0.2, -0.15) is 0 Å². The molecule has 4 saturated carbocycles. The maximum atomic E-state index is 2.71. The van der Waals surface area contributed by atoms with Crippen molar-refractivity contribution >= 4 is 0 Å². The third kappa shape index (κ3) is 7.24. The number of hydrogen-bond acceptors (Lipinski definition) is 0. The molecule has 0 bridgehead atoms. The van der Waals surface area contributed by atoms with Gasteiger partial charge < -0.3 is 0 Å². The Labute approximate surface area is 350 Å². The second-order valence-corrected chi connectivity index (χ2v) is 23.6. The predicted molar refractivity (Wildman–Crippen MR) is 248 cm³/mol. The van der Waals surface area contributed by atoms with E-state index in [0.29, 0.717) is 17.3 Å². The van der Waals surface area contributed by atoms with Crippen LogP contribution in [0.1, 0.15) is 182 Å². The molecule has 18 atom stereocenters. The van der Waals surface area contributed by atoms with Gasteiger partial charge in [-0.25, -0.2) is 0 Å². The molecule has 0 heteroatoms. The predicted octanol–water partition coefficient (Wildman–Crippen LogP) is 16.2. The Morgan fingerprint density at radius 1 is 0.286 bits per heavy atom. The van der Waals surface area contributed by atoms with E-state index in [1.807, 2.05) is 0 Å². The Kier molecular flexibility index (Phi) is 13.1. The maximum Gasteiger partial charge on any atom is -0.00943 e. The third-order valence-electron chi connectivity index (χ3n) is 19.9. The number of rotatable bonds is 4. The van der Waals surface area contributed by atoms with E-state index in [9.17, 15) is 0 Å². The fourth-order valence-electron chi connectivity index (χ4n) is 15.1. The lowest BCUT2D eigenvalue weighted by atomic mass is 9.52. The van der Waals surface area contributed by atoms with Gasteiger partial charge in [0.15, 0.2) is 0 Å². The van der Waals surface area contributed by atoms with Crippen LogP contribution in [0.25, 0.3) is 0 Å². The van der Waals surface area contributed by atoms with Crippen molar-refractivity contribution in [3.63, 3.8) is 0 Å². The monoisotopic (exact) mass is 765 g/mol. The van der Waals surface area contributed by atoms with E-state index in [-0.39, 0.29) is 0 Å². The molecule has 4 aliphatic carbocycles. The molecular formula is C56H92. The lowest BCUT2D eigenvalue weighted by Gasteiger charge is -2.52. The maximum absolute atomic E-state index is 2.71. The summed E-state index contributed by atoms with van der Waals surface area (Å²) in [4.78, 5) is 0. The normalized spacial score (nSPS) is 40.9. The summed E-state index contributed by atoms with van der Waals surface area (Å²) in [5.41, 5.74) is 19.7. The molecule has 0 heterocycles. The average Bonchev–Trinajstić information content (AvgIpc) is 3.52. The van der Waals surface area contributed by atoms with Crippen LogP contribution in [-0.4, -0.2) is 0 Å². The summed E-state index contributed by atoms with van der Waals surface area (Å²) in [7, 11) is 0. The summed E-state index contributed by atoms with van der Waals surface area (Å²) in [5.74, 6) is 13.9. The lowest BCUT2D eigenvalue weighted by molar-refractivity contribution is 0.000812. The van der Waals surface area contributed by atoms with Crippen molar-refractivity contribution in [2.45, 2.75) is 184 Å². The topological polar surface area (TPSA) is 0 Å². The minimum absolute atomic E-state index is 0.500. The van der Waals surface area contributed by atoms with Crippen molar-refractivity contribution in [3.8, 4) is 0 Å². The summed E-state index contributed by atoms with van der Waals surface area (Å²) in [6.45, 7) is 59.8. The van der Waals surface area contributed by atoms with Gasteiger partial charge in [-0.05, 0) is 254 Å². The highest BCUT2D eigenvalue weighted by molar-refractivity contribution is 5.53. The highest BCUT2D eigenvalue weighted by Crippen LogP contribution is 2.68. The van der Waals surface area contributed by atoms with Crippen molar-refractivity contribution < 1.29 is 0 Å². The van der Waals surface area contributed by atoms with Crippen LogP contribution in [0.4, 0.5) is 0 Å². The molecule has 0 spiro atoms. The smallest absolute Gasteiger partial charge is 0.00943 e. The molecule has 4 aliphatic rings. The molecule has 0 nitrogen and oxygen atoms in total. The second-order valence-electron chi connectivity index (χ2n) is 23.6. The van der Waals surface area contributed by atoms with E-state index < -0.39 is 0 Å². The minimum atomic E-state index is 0.500. The molecule has 0 amide bonds. The molecule has 0 saturated heterocycles. The summed E-state index contributed by atoms with van der Waals surface area (Å²) < 4.78 is 0. The first-order valence-electron chi connectivity index (χ1n) is 23.8. The van der Waals surface area contributed by atoms with Gasteiger partial charge in [-0.15, -0.1) is 0 Å². The highest BCUT2D eigenvalue weighted by Gasteiger charge is 2.61. The summed E-state index contributed by atoms with van der Waals surface area (Å²) in [5, 5.41) is 0. The first kappa shape index (κ1) is 45.5. The summed E-state index contributed by atoms with van der Waals surface area (Å²) in [6.07, 6.45) is 1.46. The van der Waals surface area contributed by atoms with Crippen molar-refractivity contribution in [2.24, 2.45) is 100 Å². The molecule has 56 heavy (non-hydrogen) atoms. The Bertz CT molecular complexity index is 1560. The van der Waals surface area contributed by atoms with Gasteiger partial charge in [0, 0.05) is 0 Å². The minimum Gasteiger partial charge on any atom is -0.0620 e. The van der Waals surface area contributed by atoms with Crippen LogP contribution in [-0.2, 0) is 0 Å². The molecule has 2 aromatic rings. The molecule has 18 unspecified atom stereocenters. The molecular weight excluding hydrogens is 673 g/mol. The first-order valence-corrected chi connectivity index (χ1v) is 23.8. The van der Waals surface area contributed by atoms with Crippen LogP contribution < -0.4 is 0 Å². The van der Waals surface area contributed by atoms with Gasteiger partial charge in [0.25, 0.3) is 0 Å². The number of fused-ring (bicyclic) bond motifs is 2. The second kappa shape index (κ2) is 16.1. The van der Waals surface area contributed by atoms with Crippen LogP contribution in [0.5, 0.6) is 0 Å². The van der Waals surface area contributed by atoms with E-state index in [4.69, 9.17) is 0 Å². The number of hydrogen-bond donors (Lipinski definition) is 0. The zero-order valence-corrected chi connectivity index (χ0v) is 41.6. The average molecular weight is 765 g/mol. The Morgan fingerprint density at radius 3 is 0.750 bits per heavy atom. The lowest BCUT2D eigenvalue weighted by Crippen LogP contribution is -2.45. The zero-order valence-electron chi connectivity index (χ0n) is 41.6. The van der Waals surface area contributed by atoms with Crippen LogP contribution in [0.15, 0.2) is 0 Å². The summed E-state index contributed by atoms with van der Waals surface area (Å²) in [6, 6.07) is 0. The van der Waals surface area contributed by atoms with E-state index in [1.54, 1.807) is 55.6 Å². The summed E-state index contributed by atoms with van der Waals surface area (Å²) >= 11 is 0. The van der Waals surface area contributed by atoms with E-state index in [0.717, 1.165) is 94.7 Å². The highest BCUT2D eigenvalue weighted by atomic mass is 14.7. The molecule has 0 aromatic heterocycles. The molecule has 0 aliphatic heterocycles. The fourth-order valence-corrected chi connectivity index (χ4v) is 15.1. The standard InChI is InChI=1S/C51H80.C5H12/c1-22-24(3)32(11)44(33(12)25(22)4)48-38(17)28(7)36(15)46-42(30(9)40(19)50(46)48)21-43-31(10)41(20)51-47(43)37(16)29(8)39(18)49(51)45-34(13)26(5)23(2)27(6)35(45)14;1-5(2,3)4/h28-31,36-43,46-51H,21H2,1-20H3;1-4H3. The molecule has 6 rings (SSSR count). The van der Waals surface area contributed by atoms with Gasteiger partial charge in [-0.3, -0.25) is 0 Å². The molecule has 0 N–H and O–H groups in total. The Morgan fingerprint density at radius 2 is 0.500 bits per heavy atom. The first-order chi connectivity index (χ1) is 25.7. The van der Waals surface area contributed by atoms with Crippen LogP contribution in [0.3, 0.4) is 0 Å². The van der Waals surface area contributed by atoms with Gasteiger partial charge in [0.05, 0.1) is 0 Å². The van der Waals surface area contributed by atoms with E-state index >= 15 is 0 Å². The Hall–Kier alpha value is -1.56. The van der Waals surface area contributed by atoms with Crippen molar-refractivity contribution in [1.82, 2.24) is 0 Å². The molecule has 316 valence electrons. The Balaban J connectivity index is 0.00000113. The van der Waals surface area contributed by atoms with E-state index in [2.05, 4.69) is 166 Å². The SMILES string of the molecule is CC(C)(C)C.Cc1c(C)c(C)c(C2C(C)C(C)C(C)C3C(CC4C(C)C(C)C5C(c6c(C)c(C)c(C)c(C)c6C)C(C)C(C)C(C)C45)C(C)C(C)C23)c(C)c1C. The van der Waals surface area contributed by atoms with Crippen molar-refractivity contribution in [3.05, 3.63) is 66.8 Å². The molecule has 4 fully saturated rings. The largest absolute Gasteiger partial charge is 0.0620 e. The van der Waals surface area contributed by atoms with Gasteiger partial charge in [0.1, 0.15) is 0 Å². The van der Waals surface area contributed by atoms with E-state index in [1.165, 1.54) is 17.5 Å². The number of benzene rings is 2. The zero-order chi connectivity index (χ0) is 42.5. The van der Waals surface area contributed by atoms with Crippen LogP contribution in [0.2, 0.25) is 0 Å². The van der Waals surface area contributed by atoms with Crippen LogP contribution in [0, 0.1) is 169 Å². The van der Waals surface area contributed by atoms with Gasteiger partial charge >= 0.3 is 0 Å².